The van der Waals surface area contributed by atoms with Crippen molar-refractivity contribution >= 4 is 5.91 Å². The van der Waals surface area contributed by atoms with Gasteiger partial charge >= 0.3 is 0 Å². The van der Waals surface area contributed by atoms with E-state index in [0.29, 0.717) is 24.7 Å². The number of aromatic nitrogens is 2. The maximum Gasteiger partial charge on any atom is 0.269 e. The molecule has 17 heavy (non-hydrogen) atoms. The van der Waals surface area contributed by atoms with Crippen molar-refractivity contribution in [2.24, 2.45) is 0 Å². The molecule has 1 aromatic rings. The SMILES string of the molecule is C=CCCNC(=O)c1cc(C(C)C)nn1CC. The van der Waals surface area contributed by atoms with Crippen molar-refractivity contribution in [2.45, 2.75) is 39.7 Å². The molecule has 1 amide bonds. The van der Waals surface area contributed by atoms with Crippen LogP contribution in [0.15, 0.2) is 18.7 Å². The number of hydrogen-bond acceptors (Lipinski definition) is 2. The second-order valence-corrected chi connectivity index (χ2v) is 4.26. The van der Waals surface area contributed by atoms with Crippen LogP contribution in [0.25, 0.3) is 0 Å². The topological polar surface area (TPSA) is 46.9 Å². The van der Waals surface area contributed by atoms with Gasteiger partial charge in [0.15, 0.2) is 0 Å². The van der Waals surface area contributed by atoms with Crippen molar-refractivity contribution in [2.75, 3.05) is 6.54 Å². The van der Waals surface area contributed by atoms with Gasteiger partial charge in [-0.3, -0.25) is 9.48 Å². The van der Waals surface area contributed by atoms with Crippen LogP contribution in [-0.2, 0) is 6.54 Å². The van der Waals surface area contributed by atoms with Crippen LogP contribution in [0.2, 0.25) is 0 Å². The molecule has 94 valence electrons. The number of aryl methyl sites for hydroxylation is 1. The summed E-state index contributed by atoms with van der Waals surface area (Å²) in [5, 5.41) is 7.27. The molecule has 1 aromatic heterocycles. The van der Waals surface area contributed by atoms with Gasteiger partial charge in [0.1, 0.15) is 5.69 Å². The summed E-state index contributed by atoms with van der Waals surface area (Å²) in [4.78, 5) is 11.9. The lowest BCUT2D eigenvalue weighted by molar-refractivity contribution is 0.0943. The molecule has 1 N–H and O–H groups in total. The van der Waals surface area contributed by atoms with Crippen LogP contribution in [0.1, 0.15) is 49.3 Å². The van der Waals surface area contributed by atoms with Crippen molar-refractivity contribution in [3.63, 3.8) is 0 Å². The molecule has 0 radical (unpaired) electrons. The first kappa shape index (κ1) is 13.5. The molecule has 0 saturated heterocycles. The van der Waals surface area contributed by atoms with E-state index in [-0.39, 0.29) is 5.91 Å². The van der Waals surface area contributed by atoms with E-state index in [1.165, 1.54) is 0 Å². The summed E-state index contributed by atoms with van der Waals surface area (Å²) >= 11 is 0. The van der Waals surface area contributed by atoms with Gasteiger partial charge in [0.25, 0.3) is 5.91 Å². The molecule has 4 heteroatoms. The van der Waals surface area contributed by atoms with Crippen molar-refractivity contribution in [1.29, 1.82) is 0 Å². The summed E-state index contributed by atoms with van der Waals surface area (Å²) in [6.07, 6.45) is 2.57. The molecule has 0 atom stereocenters. The van der Waals surface area contributed by atoms with E-state index in [1.54, 1.807) is 10.8 Å². The number of nitrogens with one attached hydrogen (secondary N) is 1. The molecular weight excluding hydrogens is 214 g/mol. The van der Waals surface area contributed by atoms with E-state index in [4.69, 9.17) is 0 Å². The van der Waals surface area contributed by atoms with E-state index in [2.05, 4.69) is 30.8 Å². The quantitative estimate of drug-likeness (QED) is 0.607. The third kappa shape index (κ3) is 3.44. The Bertz CT molecular complexity index is 393. The maximum atomic E-state index is 11.9. The predicted molar refractivity (Wildman–Crippen MR) is 69.1 cm³/mol. The predicted octanol–water partition coefficient (Wildman–Crippen LogP) is 2.33. The fraction of sp³-hybridized carbons (Fsp3) is 0.538. The highest BCUT2D eigenvalue weighted by Crippen LogP contribution is 2.14. The number of rotatable bonds is 6. The molecule has 0 spiro atoms. The molecule has 1 heterocycles. The van der Waals surface area contributed by atoms with E-state index in [1.807, 2.05) is 13.0 Å². The first-order valence-electron chi connectivity index (χ1n) is 6.07. The highest BCUT2D eigenvalue weighted by molar-refractivity contribution is 5.92. The Kier molecular flexibility index (Phi) is 4.94. The minimum Gasteiger partial charge on any atom is -0.350 e. The molecule has 0 aliphatic carbocycles. The highest BCUT2D eigenvalue weighted by atomic mass is 16.2. The fourth-order valence-corrected chi connectivity index (χ4v) is 1.52. The number of carbonyl (C=O) groups excluding carboxylic acids is 1. The van der Waals surface area contributed by atoms with Crippen molar-refractivity contribution in [3.8, 4) is 0 Å². The second-order valence-electron chi connectivity index (χ2n) is 4.26. The summed E-state index contributed by atoms with van der Waals surface area (Å²) in [6.45, 7) is 11.1. The average Bonchev–Trinajstić information content (AvgIpc) is 2.73. The van der Waals surface area contributed by atoms with E-state index < -0.39 is 0 Å². The zero-order valence-electron chi connectivity index (χ0n) is 10.9. The molecule has 0 aliphatic heterocycles. The summed E-state index contributed by atoms with van der Waals surface area (Å²) in [7, 11) is 0. The van der Waals surface area contributed by atoms with Crippen molar-refractivity contribution in [1.82, 2.24) is 15.1 Å². The Labute approximate surface area is 103 Å². The Hall–Kier alpha value is -1.58. The van der Waals surface area contributed by atoms with Crippen LogP contribution in [-0.4, -0.2) is 22.2 Å². The van der Waals surface area contributed by atoms with Crippen LogP contribution in [0.3, 0.4) is 0 Å². The minimum absolute atomic E-state index is 0.0619. The molecule has 0 aliphatic rings. The van der Waals surface area contributed by atoms with Gasteiger partial charge in [-0.2, -0.15) is 5.10 Å². The maximum absolute atomic E-state index is 11.9. The molecule has 0 unspecified atom stereocenters. The number of nitrogens with zero attached hydrogens (tertiary/aromatic N) is 2. The zero-order chi connectivity index (χ0) is 12.8. The molecule has 0 aromatic carbocycles. The fourth-order valence-electron chi connectivity index (χ4n) is 1.52. The molecule has 0 fully saturated rings. The van der Waals surface area contributed by atoms with Gasteiger partial charge in [-0.25, -0.2) is 0 Å². The zero-order valence-corrected chi connectivity index (χ0v) is 10.9. The van der Waals surface area contributed by atoms with E-state index in [9.17, 15) is 4.79 Å². The second kappa shape index (κ2) is 6.23. The van der Waals surface area contributed by atoms with Gasteiger partial charge in [-0.15, -0.1) is 6.58 Å². The summed E-state index contributed by atoms with van der Waals surface area (Å²) < 4.78 is 1.75. The van der Waals surface area contributed by atoms with Crippen molar-refractivity contribution < 1.29 is 4.79 Å². The lowest BCUT2D eigenvalue weighted by Crippen LogP contribution is -2.26. The van der Waals surface area contributed by atoms with Gasteiger partial charge in [0, 0.05) is 13.1 Å². The van der Waals surface area contributed by atoms with Gasteiger partial charge in [0.05, 0.1) is 5.69 Å². The molecule has 4 nitrogen and oxygen atoms in total. The lowest BCUT2D eigenvalue weighted by atomic mass is 10.1. The van der Waals surface area contributed by atoms with Gasteiger partial charge in [0.2, 0.25) is 0 Å². The van der Waals surface area contributed by atoms with Crippen LogP contribution >= 0.6 is 0 Å². The highest BCUT2D eigenvalue weighted by Gasteiger charge is 2.15. The third-order valence-corrected chi connectivity index (χ3v) is 2.56. The Balaban J connectivity index is 2.80. The smallest absolute Gasteiger partial charge is 0.269 e. The van der Waals surface area contributed by atoms with Crippen LogP contribution < -0.4 is 5.32 Å². The summed E-state index contributed by atoms with van der Waals surface area (Å²) in [5.41, 5.74) is 1.60. The molecule has 1 rings (SSSR count). The number of hydrogen-bond donors (Lipinski definition) is 1. The Morgan fingerprint density at radius 1 is 1.65 bits per heavy atom. The van der Waals surface area contributed by atoms with Crippen LogP contribution in [0, 0.1) is 0 Å². The first-order valence-corrected chi connectivity index (χ1v) is 6.07. The number of amides is 1. The first-order chi connectivity index (χ1) is 8.10. The largest absolute Gasteiger partial charge is 0.350 e. The Morgan fingerprint density at radius 2 is 2.35 bits per heavy atom. The van der Waals surface area contributed by atoms with E-state index in [0.717, 1.165) is 12.1 Å². The molecular formula is C13H21N3O. The summed E-state index contributed by atoms with van der Waals surface area (Å²) in [6, 6.07) is 1.87. The minimum atomic E-state index is -0.0619. The summed E-state index contributed by atoms with van der Waals surface area (Å²) in [5.74, 6) is 0.274. The van der Waals surface area contributed by atoms with Gasteiger partial charge in [-0.1, -0.05) is 19.9 Å². The molecule has 0 saturated carbocycles. The standard InChI is InChI=1S/C13H21N3O/c1-5-7-8-14-13(17)12-9-11(10(3)4)15-16(12)6-2/h5,9-10H,1,6-8H2,2-4H3,(H,14,17). The van der Waals surface area contributed by atoms with Crippen molar-refractivity contribution in [3.05, 3.63) is 30.1 Å². The Morgan fingerprint density at radius 3 is 2.88 bits per heavy atom. The van der Waals surface area contributed by atoms with E-state index >= 15 is 0 Å². The monoisotopic (exact) mass is 235 g/mol. The van der Waals surface area contributed by atoms with Crippen LogP contribution in [0.5, 0.6) is 0 Å². The number of carbonyl (C=O) groups is 1. The lowest BCUT2D eigenvalue weighted by Gasteiger charge is -2.04. The normalized spacial score (nSPS) is 10.6. The third-order valence-electron chi connectivity index (χ3n) is 2.56. The van der Waals surface area contributed by atoms with Crippen LogP contribution in [0.4, 0.5) is 0 Å². The average molecular weight is 235 g/mol. The van der Waals surface area contributed by atoms with Gasteiger partial charge in [-0.05, 0) is 25.3 Å². The van der Waals surface area contributed by atoms with Gasteiger partial charge < -0.3 is 5.32 Å². The molecule has 0 bridgehead atoms.